The highest BCUT2D eigenvalue weighted by molar-refractivity contribution is 5.60. The van der Waals surface area contributed by atoms with Gasteiger partial charge in [0.25, 0.3) is 0 Å². The number of nitrogens with zero attached hydrogens (tertiary/aromatic N) is 1. The summed E-state index contributed by atoms with van der Waals surface area (Å²) >= 11 is 0. The van der Waals surface area contributed by atoms with Crippen LogP contribution in [-0.2, 0) is 6.54 Å². The standard InChI is InChI=1S/C11H16N2/c1-9(12)11-6-4-10(5-7-11)8-13(2)3/h4-7H,1,8,12H2,2-3H3. The molecule has 0 aromatic heterocycles. The molecule has 0 atom stereocenters. The van der Waals surface area contributed by atoms with E-state index in [-0.39, 0.29) is 0 Å². The minimum absolute atomic E-state index is 0.622. The molecule has 2 nitrogen and oxygen atoms in total. The number of hydrogen-bond donors (Lipinski definition) is 1. The second-order valence-corrected chi connectivity index (χ2v) is 3.46. The van der Waals surface area contributed by atoms with Gasteiger partial charge in [0.05, 0.1) is 0 Å². The van der Waals surface area contributed by atoms with Crippen molar-refractivity contribution in [1.29, 1.82) is 0 Å². The maximum Gasteiger partial charge on any atom is 0.0314 e. The number of rotatable bonds is 3. The average molecular weight is 176 g/mol. The molecule has 1 aromatic carbocycles. The van der Waals surface area contributed by atoms with Gasteiger partial charge in [-0.2, -0.15) is 0 Å². The summed E-state index contributed by atoms with van der Waals surface area (Å²) in [7, 11) is 4.10. The van der Waals surface area contributed by atoms with Crippen molar-refractivity contribution < 1.29 is 0 Å². The van der Waals surface area contributed by atoms with Gasteiger partial charge in [0.1, 0.15) is 0 Å². The molecule has 0 spiro atoms. The molecule has 1 rings (SSSR count). The van der Waals surface area contributed by atoms with Crippen molar-refractivity contribution in [3.05, 3.63) is 42.0 Å². The highest BCUT2D eigenvalue weighted by Gasteiger charge is 1.96. The van der Waals surface area contributed by atoms with Gasteiger partial charge in [0.2, 0.25) is 0 Å². The smallest absolute Gasteiger partial charge is 0.0314 e. The molecule has 0 unspecified atom stereocenters. The van der Waals surface area contributed by atoms with Crippen LogP contribution in [0.1, 0.15) is 11.1 Å². The maximum atomic E-state index is 5.56. The van der Waals surface area contributed by atoms with Gasteiger partial charge in [-0.3, -0.25) is 0 Å². The van der Waals surface area contributed by atoms with E-state index in [9.17, 15) is 0 Å². The summed E-state index contributed by atoms with van der Waals surface area (Å²) in [5.41, 5.74) is 8.47. The van der Waals surface area contributed by atoms with Crippen LogP contribution >= 0.6 is 0 Å². The third-order valence-corrected chi connectivity index (χ3v) is 1.82. The first kappa shape index (κ1) is 9.81. The van der Waals surface area contributed by atoms with Crippen molar-refractivity contribution in [3.8, 4) is 0 Å². The van der Waals surface area contributed by atoms with Crippen LogP contribution in [-0.4, -0.2) is 19.0 Å². The minimum atomic E-state index is 0.622. The molecule has 0 aliphatic rings. The fraction of sp³-hybridized carbons (Fsp3) is 0.273. The monoisotopic (exact) mass is 176 g/mol. The normalized spacial score (nSPS) is 10.4. The van der Waals surface area contributed by atoms with E-state index in [2.05, 4.69) is 37.7 Å². The summed E-state index contributed by atoms with van der Waals surface area (Å²) in [4.78, 5) is 2.13. The Balaban J connectivity index is 2.75. The fourth-order valence-electron chi connectivity index (χ4n) is 1.19. The molecule has 0 amide bonds. The van der Waals surface area contributed by atoms with Crippen molar-refractivity contribution in [1.82, 2.24) is 4.90 Å². The zero-order valence-electron chi connectivity index (χ0n) is 8.25. The summed E-state index contributed by atoms with van der Waals surface area (Å²) in [6.07, 6.45) is 0. The van der Waals surface area contributed by atoms with Crippen LogP contribution in [0.5, 0.6) is 0 Å². The molecule has 1 aromatic rings. The molecule has 0 heterocycles. The van der Waals surface area contributed by atoms with Gasteiger partial charge in [0, 0.05) is 12.2 Å². The molecule has 0 fully saturated rings. The van der Waals surface area contributed by atoms with Crippen LogP contribution in [0.4, 0.5) is 0 Å². The van der Waals surface area contributed by atoms with Crippen LogP contribution in [0.3, 0.4) is 0 Å². The van der Waals surface area contributed by atoms with Crippen LogP contribution in [0, 0.1) is 0 Å². The van der Waals surface area contributed by atoms with Gasteiger partial charge in [-0.05, 0) is 25.2 Å². The van der Waals surface area contributed by atoms with Gasteiger partial charge in [-0.25, -0.2) is 0 Å². The Bertz CT molecular complexity index is 285. The lowest BCUT2D eigenvalue weighted by atomic mass is 10.1. The molecule has 0 bridgehead atoms. The maximum absolute atomic E-state index is 5.56. The summed E-state index contributed by atoms with van der Waals surface area (Å²) in [6.45, 7) is 4.64. The topological polar surface area (TPSA) is 29.3 Å². The van der Waals surface area contributed by atoms with E-state index in [0.29, 0.717) is 5.70 Å². The van der Waals surface area contributed by atoms with Gasteiger partial charge in [-0.15, -0.1) is 0 Å². The predicted molar refractivity (Wildman–Crippen MR) is 57.1 cm³/mol. The third kappa shape index (κ3) is 2.92. The van der Waals surface area contributed by atoms with E-state index in [1.54, 1.807) is 0 Å². The van der Waals surface area contributed by atoms with Crippen molar-refractivity contribution >= 4 is 5.70 Å². The Hall–Kier alpha value is -1.28. The van der Waals surface area contributed by atoms with Crippen molar-refractivity contribution in [2.24, 2.45) is 5.73 Å². The van der Waals surface area contributed by atoms with Gasteiger partial charge in [0.15, 0.2) is 0 Å². The Kier molecular flexibility index (Phi) is 3.09. The number of benzene rings is 1. The molecular weight excluding hydrogens is 160 g/mol. The summed E-state index contributed by atoms with van der Waals surface area (Å²) < 4.78 is 0. The molecule has 0 radical (unpaired) electrons. The van der Waals surface area contributed by atoms with Crippen molar-refractivity contribution in [2.45, 2.75) is 6.54 Å². The molecule has 70 valence electrons. The second kappa shape index (κ2) is 4.10. The van der Waals surface area contributed by atoms with E-state index in [4.69, 9.17) is 5.73 Å². The van der Waals surface area contributed by atoms with Crippen molar-refractivity contribution in [2.75, 3.05) is 14.1 Å². The van der Waals surface area contributed by atoms with E-state index >= 15 is 0 Å². The SMILES string of the molecule is C=C(N)c1ccc(CN(C)C)cc1. The van der Waals surface area contributed by atoms with Crippen LogP contribution in [0.15, 0.2) is 30.8 Å². The molecule has 0 saturated heterocycles. The molecule has 0 aliphatic heterocycles. The first-order valence-corrected chi connectivity index (χ1v) is 4.28. The predicted octanol–water partition coefficient (Wildman–Crippen LogP) is 1.68. The molecule has 2 heteroatoms. The zero-order chi connectivity index (χ0) is 9.84. The molecule has 13 heavy (non-hydrogen) atoms. The lowest BCUT2D eigenvalue weighted by Gasteiger charge is -2.09. The summed E-state index contributed by atoms with van der Waals surface area (Å²) in [6, 6.07) is 8.16. The largest absolute Gasteiger partial charge is 0.399 e. The molecule has 0 saturated carbocycles. The summed E-state index contributed by atoms with van der Waals surface area (Å²) in [5.74, 6) is 0. The fourth-order valence-corrected chi connectivity index (χ4v) is 1.19. The lowest BCUT2D eigenvalue weighted by Crippen LogP contribution is -2.10. The van der Waals surface area contributed by atoms with E-state index < -0.39 is 0 Å². The Morgan fingerprint density at radius 3 is 2.23 bits per heavy atom. The highest BCUT2D eigenvalue weighted by atomic mass is 15.0. The van der Waals surface area contributed by atoms with Gasteiger partial charge >= 0.3 is 0 Å². The van der Waals surface area contributed by atoms with E-state index in [1.807, 2.05) is 12.1 Å². The Labute approximate surface area is 79.7 Å². The molecule has 2 N–H and O–H groups in total. The van der Waals surface area contributed by atoms with Gasteiger partial charge < -0.3 is 10.6 Å². The van der Waals surface area contributed by atoms with Crippen molar-refractivity contribution in [3.63, 3.8) is 0 Å². The van der Waals surface area contributed by atoms with E-state index in [0.717, 1.165) is 12.1 Å². The second-order valence-electron chi connectivity index (χ2n) is 3.46. The van der Waals surface area contributed by atoms with Crippen LogP contribution in [0.25, 0.3) is 5.70 Å². The first-order valence-electron chi connectivity index (χ1n) is 4.28. The van der Waals surface area contributed by atoms with E-state index in [1.165, 1.54) is 5.56 Å². The third-order valence-electron chi connectivity index (χ3n) is 1.82. The zero-order valence-corrected chi connectivity index (χ0v) is 8.25. The minimum Gasteiger partial charge on any atom is -0.399 e. The average Bonchev–Trinajstić information content (AvgIpc) is 2.04. The quantitative estimate of drug-likeness (QED) is 0.759. The Morgan fingerprint density at radius 2 is 1.85 bits per heavy atom. The number of hydrogen-bond acceptors (Lipinski definition) is 2. The first-order chi connectivity index (χ1) is 6.09. The van der Waals surface area contributed by atoms with Crippen LogP contribution < -0.4 is 5.73 Å². The van der Waals surface area contributed by atoms with Crippen LogP contribution in [0.2, 0.25) is 0 Å². The van der Waals surface area contributed by atoms with Gasteiger partial charge in [-0.1, -0.05) is 30.8 Å². The summed E-state index contributed by atoms with van der Waals surface area (Å²) in [5, 5.41) is 0. The Morgan fingerprint density at radius 1 is 1.31 bits per heavy atom. The number of nitrogens with two attached hydrogens (primary N) is 1. The molecular formula is C11H16N2. The molecule has 0 aliphatic carbocycles. The lowest BCUT2D eigenvalue weighted by molar-refractivity contribution is 0.402. The highest BCUT2D eigenvalue weighted by Crippen LogP contribution is 2.09.